The molecule has 1 rings (SSSR count). The van der Waals surface area contributed by atoms with Crippen LogP contribution in [0.3, 0.4) is 0 Å². The molecule has 0 aliphatic rings. The van der Waals surface area contributed by atoms with Gasteiger partial charge in [0.15, 0.2) is 0 Å². The summed E-state index contributed by atoms with van der Waals surface area (Å²) in [7, 11) is 0. The topological polar surface area (TPSA) is 56.6 Å². The molecule has 1 N–H and O–H groups in total. The third-order valence-electron chi connectivity index (χ3n) is 1.87. The number of halogens is 1. The minimum Gasteiger partial charge on any atom is -0.323 e. The van der Waals surface area contributed by atoms with Gasteiger partial charge in [-0.15, -0.1) is 0 Å². The van der Waals surface area contributed by atoms with Crippen LogP contribution in [0.25, 0.3) is 0 Å². The summed E-state index contributed by atoms with van der Waals surface area (Å²) < 4.78 is 0.391. The van der Waals surface area contributed by atoms with Crippen molar-refractivity contribution in [3.63, 3.8) is 0 Å². The molecule has 0 spiro atoms. The summed E-state index contributed by atoms with van der Waals surface area (Å²) in [5, 5.41) is 8.90. The SMILES string of the molecule is CC(C)(C)c1[nH]c(=O)c(Br)cc1C#N. The van der Waals surface area contributed by atoms with E-state index in [-0.39, 0.29) is 11.0 Å². The first-order valence-electron chi connectivity index (χ1n) is 4.19. The Balaban J connectivity index is 3.53. The second-order valence-electron chi connectivity index (χ2n) is 4.10. The maximum atomic E-state index is 11.3. The van der Waals surface area contributed by atoms with Gasteiger partial charge in [0.2, 0.25) is 0 Å². The number of pyridine rings is 1. The number of H-pyrrole nitrogens is 1. The molecule has 3 nitrogen and oxygen atoms in total. The largest absolute Gasteiger partial charge is 0.323 e. The highest BCUT2D eigenvalue weighted by atomic mass is 79.9. The number of hydrogen-bond acceptors (Lipinski definition) is 2. The van der Waals surface area contributed by atoms with Gasteiger partial charge >= 0.3 is 0 Å². The zero-order chi connectivity index (χ0) is 10.9. The summed E-state index contributed by atoms with van der Waals surface area (Å²) in [6.45, 7) is 5.85. The fourth-order valence-corrected chi connectivity index (χ4v) is 1.51. The lowest BCUT2D eigenvalue weighted by Crippen LogP contribution is -2.21. The molecule has 0 atom stereocenters. The van der Waals surface area contributed by atoms with Gasteiger partial charge in [0.25, 0.3) is 5.56 Å². The Morgan fingerprint density at radius 1 is 1.50 bits per heavy atom. The Hall–Kier alpha value is -1.08. The average Bonchev–Trinajstić information content (AvgIpc) is 2.07. The van der Waals surface area contributed by atoms with Gasteiger partial charge in [0.1, 0.15) is 6.07 Å². The van der Waals surface area contributed by atoms with Crippen LogP contribution in [0, 0.1) is 11.3 Å². The number of aromatic amines is 1. The summed E-state index contributed by atoms with van der Waals surface area (Å²) in [5.41, 5.74) is 0.747. The van der Waals surface area contributed by atoms with Gasteiger partial charge in [-0.3, -0.25) is 4.79 Å². The second kappa shape index (κ2) is 3.58. The minimum atomic E-state index is -0.231. The Morgan fingerprint density at radius 2 is 2.07 bits per heavy atom. The number of hydrogen-bond donors (Lipinski definition) is 1. The number of nitrogens with zero attached hydrogens (tertiary/aromatic N) is 1. The van der Waals surface area contributed by atoms with Crippen molar-refractivity contribution in [1.82, 2.24) is 4.98 Å². The van der Waals surface area contributed by atoms with Crippen LogP contribution in [0.1, 0.15) is 32.0 Å². The molecule has 0 bridgehead atoms. The lowest BCUT2D eigenvalue weighted by molar-refractivity contribution is 0.564. The van der Waals surface area contributed by atoms with Crippen LogP contribution in [0.15, 0.2) is 15.3 Å². The molecular formula is C10H11BrN2O. The van der Waals surface area contributed by atoms with E-state index in [4.69, 9.17) is 5.26 Å². The first-order chi connectivity index (χ1) is 6.36. The Bertz CT molecular complexity index is 449. The van der Waals surface area contributed by atoms with Crippen molar-refractivity contribution in [3.8, 4) is 6.07 Å². The minimum absolute atomic E-state index is 0.200. The van der Waals surface area contributed by atoms with Gasteiger partial charge in [0.05, 0.1) is 10.0 Å². The molecule has 14 heavy (non-hydrogen) atoms. The number of rotatable bonds is 0. The van der Waals surface area contributed by atoms with Crippen LogP contribution in [0.4, 0.5) is 0 Å². The van der Waals surface area contributed by atoms with Crippen LogP contribution >= 0.6 is 15.9 Å². The first-order valence-corrected chi connectivity index (χ1v) is 4.99. The summed E-state index contributed by atoms with van der Waals surface area (Å²) in [6.07, 6.45) is 0. The van der Waals surface area contributed by atoms with E-state index in [9.17, 15) is 4.79 Å². The van der Waals surface area contributed by atoms with Crippen LogP contribution in [-0.2, 0) is 5.41 Å². The van der Waals surface area contributed by atoms with Crippen molar-refractivity contribution in [1.29, 1.82) is 5.26 Å². The molecule has 1 aromatic heterocycles. The van der Waals surface area contributed by atoms with Gasteiger partial charge in [-0.25, -0.2) is 0 Å². The fraction of sp³-hybridized carbons (Fsp3) is 0.400. The molecule has 0 aromatic carbocycles. The zero-order valence-corrected chi connectivity index (χ0v) is 9.90. The molecule has 0 fully saturated rings. The van der Waals surface area contributed by atoms with Crippen molar-refractivity contribution in [2.24, 2.45) is 0 Å². The fourth-order valence-electron chi connectivity index (χ4n) is 1.18. The summed E-state index contributed by atoms with van der Waals surface area (Å²) >= 11 is 3.09. The number of nitrogens with one attached hydrogen (secondary N) is 1. The maximum Gasteiger partial charge on any atom is 0.262 e. The Morgan fingerprint density at radius 3 is 2.50 bits per heavy atom. The predicted octanol–water partition coefficient (Wildman–Crippen LogP) is 2.31. The molecule has 1 aromatic rings. The zero-order valence-electron chi connectivity index (χ0n) is 8.31. The second-order valence-corrected chi connectivity index (χ2v) is 4.95. The first kappa shape index (κ1) is 11.0. The lowest BCUT2D eigenvalue weighted by atomic mass is 9.89. The third-order valence-corrected chi connectivity index (χ3v) is 2.46. The lowest BCUT2D eigenvalue weighted by Gasteiger charge is -2.19. The third kappa shape index (κ3) is 2.05. The molecule has 0 amide bonds. The van der Waals surface area contributed by atoms with Crippen molar-refractivity contribution in [3.05, 3.63) is 32.2 Å². The van der Waals surface area contributed by atoms with E-state index in [1.54, 1.807) is 6.07 Å². The normalized spacial score (nSPS) is 11.1. The van der Waals surface area contributed by atoms with Crippen molar-refractivity contribution < 1.29 is 0 Å². The Labute approximate surface area is 90.9 Å². The smallest absolute Gasteiger partial charge is 0.262 e. The van der Waals surface area contributed by atoms with Crippen LogP contribution in [0.5, 0.6) is 0 Å². The van der Waals surface area contributed by atoms with Crippen LogP contribution in [0.2, 0.25) is 0 Å². The average molecular weight is 255 g/mol. The van der Waals surface area contributed by atoms with E-state index >= 15 is 0 Å². The Kier molecular flexibility index (Phi) is 2.81. The highest BCUT2D eigenvalue weighted by molar-refractivity contribution is 9.10. The van der Waals surface area contributed by atoms with Gasteiger partial charge in [-0.1, -0.05) is 20.8 Å². The van der Waals surface area contributed by atoms with Crippen molar-refractivity contribution in [2.45, 2.75) is 26.2 Å². The van der Waals surface area contributed by atoms with Crippen molar-refractivity contribution in [2.75, 3.05) is 0 Å². The van der Waals surface area contributed by atoms with Crippen LogP contribution in [-0.4, -0.2) is 4.98 Å². The molecule has 0 aliphatic carbocycles. The maximum absolute atomic E-state index is 11.3. The molecule has 74 valence electrons. The van der Waals surface area contributed by atoms with E-state index in [0.717, 1.165) is 0 Å². The van der Waals surface area contributed by atoms with E-state index in [1.807, 2.05) is 20.8 Å². The van der Waals surface area contributed by atoms with Gasteiger partial charge in [-0.2, -0.15) is 5.26 Å². The standard InChI is InChI=1S/C10H11BrN2O/c1-10(2,3)8-6(5-12)4-7(11)9(14)13-8/h4H,1-3H3,(H,13,14). The van der Waals surface area contributed by atoms with E-state index in [0.29, 0.717) is 15.7 Å². The highest BCUT2D eigenvalue weighted by Gasteiger charge is 2.19. The monoisotopic (exact) mass is 254 g/mol. The van der Waals surface area contributed by atoms with E-state index < -0.39 is 0 Å². The van der Waals surface area contributed by atoms with Gasteiger partial charge in [-0.05, 0) is 22.0 Å². The molecule has 0 radical (unpaired) electrons. The molecule has 0 unspecified atom stereocenters. The summed E-state index contributed by atoms with van der Waals surface area (Å²) in [4.78, 5) is 14.1. The molecule has 0 saturated carbocycles. The van der Waals surface area contributed by atoms with Crippen LogP contribution < -0.4 is 5.56 Å². The number of aromatic nitrogens is 1. The summed E-state index contributed by atoms with van der Waals surface area (Å²) in [6, 6.07) is 3.62. The highest BCUT2D eigenvalue weighted by Crippen LogP contribution is 2.23. The number of nitriles is 1. The summed E-state index contributed by atoms with van der Waals surface area (Å²) in [5.74, 6) is 0. The van der Waals surface area contributed by atoms with Gasteiger partial charge in [0, 0.05) is 11.1 Å². The molecule has 0 aliphatic heterocycles. The van der Waals surface area contributed by atoms with Crippen molar-refractivity contribution >= 4 is 15.9 Å². The molecule has 4 heteroatoms. The van der Waals surface area contributed by atoms with E-state index in [1.165, 1.54) is 0 Å². The van der Waals surface area contributed by atoms with E-state index in [2.05, 4.69) is 27.0 Å². The molecule has 1 heterocycles. The predicted molar refractivity (Wildman–Crippen MR) is 58.2 cm³/mol. The molecule has 0 saturated heterocycles. The quantitative estimate of drug-likeness (QED) is 0.773. The molecular weight excluding hydrogens is 244 g/mol. The van der Waals surface area contributed by atoms with Gasteiger partial charge < -0.3 is 4.98 Å².